The summed E-state index contributed by atoms with van der Waals surface area (Å²) in [6.45, 7) is 2.70. The normalized spacial score (nSPS) is 27.9. The van der Waals surface area contributed by atoms with Gasteiger partial charge in [-0.25, -0.2) is 4.68 Å². The van der Waals surface area contributed by atoms with Gasteiger partial charge in [0, 0.05) is 0 Å². The topological polar surface area (TPSA) is 69.6 Å². The summed E-state index contributed by atoms with van der Waals surface area (Å²) in [6.07, 6.45) is 5.06. The van der Waals surface area contributed by atoms with E-state index >= 15 is 0 Å². The van der Waals surface area contributed by atoms with Gasteiger partial charge in [-0.2, -0.15) is 0 Å². The van der Waals surface area contributed by atoms with Crippen molar-refractivity contribution in [3.63, 3.8) is 0 Å². The Morgan fingerprint density at radius 3 is 2.93 bits per heavy atom. The van der Waals surface area contributed by atoms with Crippen LogP contribution in [0.25, 0.3) is 0 Å². The fraction of sp³-hybridized carbons (Fsp3) is 0.889. The van der Waals surface area contributed by atoms with Crippen molar-refractivity contribution >= 4 is 0 Å². The first-order valence-electron chi connectivity index (χ1n) is 5.29. The molecule has 5 nitrogen and oxygen atoms in total. The molecule has 0 aromatic carbocycles. The highest BCUT2D eigenvalue weighted by molar-refractivity contribution is 4.86. The molecule has 14 heavy (non-hydrogen) atoms. The van der Waals surface area contributed by atoms with Gasteiger partial charge in [0.25, 0.3) is 0 Å². The number of aromatic nitrogens is 4. The van der Waals surface area contributed by atoms with Crippen LogP contribution in [0.4, 0.5) is 0 Å². The van der Waals surface area contributed by atoms with Crippen molar-refractivity contribution in [1.82, 2.24) is 20.2 Å². The molecule has 0 radical (unpaired) electrons. The molecule has 0 amide bonds. The third-order valence-electron chi connectivity index (χ3n) is 3.12. The Morgan fingerprint density at radius 1 is 1.43 bits per heavy atom. The smallest absolute Gasteiger partial charge is 0.165 e. The van der Waals surface area contributed by atoms with Crippen LogP contribution in [-0.4, -0.2) is 20.2 Å². The minimum Gasteiger partial charge on any atom is -0.324 e. The number of hydrogen-bond acceptors (Lipinski definition) is 4. The maximum absolute atomic E-state index is 5.58. The minimum atomic E-state index is 0.427. The van der Waals surface area contributed by atoms with Gasteiger partial charge in [-0.05, 0) is 29.2 Å². The highest BCUT2D eigenvalue weighted by atomic mass is 15.6. The second kappa shape index (κ2) is 4.04. The minimum absolute atomic E-state index is 0.427. The second-order valence-electron chi connectivity index (χ2n) is 4.07. The zero-order valence-electron chi connectivity index (χ0n) is 8.56. The third-order valence-corrected chi connectivity index (χ3v) is 3.12. The van der Waals surface area contributed by atoms with Gasteiger partial charge in [0.15, 0.2) is 5.82 Å². The van der Waals surface area contributed by atoms with Crippen molar-refractivity contribution in [2.45, 2.75) is 45.2 Å². The van der Waals surface area contributed by atoms with E-state index in [4.69, 9.17) is 5.73 Å². The molecule has 1 fully saturated rings. The maximum Gasteiger partial charge on any atom is 0.165 e. The van der Waals surface area contributed by atoms with Crippen LogP contribution in [0.15, 0.2) is 0 Å². The van der Waals surface area contributed by atoms with Gasteiger partial charge >= 0.3 is 0 Å². The summed E-state index contributed by atoms with van der Waals surface area (Å²) in [5, 5.41) is 11.6. The average Bonchev–Trinajstić information content (AvgIpc) is 2.66. The zero-order valence-corrected chi connectivity index (χ0v) is 8.56. The molecule has 0 spiro atoms. The molecule has 1 aliphatic rings. The van der Waals surface area contributed by atoms with Crippen LogP contribution < -0.4 is 5.73 Å². The summed E-state index contributed by atoms with van der Waals surface area (Å²) in [6, 6.07) is 0.456. The van der Waals surface area contributed by atoms with E-state index in [0.29, 0.717) is 18.5 Å². The van der Waals surface area contributed by atoms with E-state index in [1.54, 1.807) is 0 Å². The Balaban J connectivity index is 2.20. The van der Waals surface area contributed by atoms with Crippen molar-refractivity contribution in [1.29, 1.82) is 0 Å². The average molecular weight is 195 g/mol. The Hall–Kier alpha value is -0.970. The Labute approximate surface area is 83.7 Å². The number of hydrogen-bond donors (Lipinski definition) is 1. The lowest BCUT2D eigenvalue weighted by Gasteiger charge is -2.28. The molecule has 0 saturated heterocycles. The molecule has 5 heteroatoms. The predicted octanol–water partition coefficient (Wildman–Crippen LogP) is 0.883. The first kappa shape index (κ1) is 9.58. The second-order valence-corrected chi connectivity index (χ2v) is 4.07. The molecule has 1 aromatic heterocycles. The first-order chi connectivity index (χ1) is 6.83. The van der Waals surface area contributed by atoms with Crippen LogP contribution >= 0.6 is 0 Å². The van der Waals surface area contributed by atoms with E-state index in [-0.39, 0.29) is 0 Å². The van der Waals surface area contributed by atoms with E-state index in [2.05, 4.69) is 22.4 Å². The van der Waals surface area contributed by atoms with Crippen molar-refractivity contribution < 1.29 is 0 Å². The van der Waals surface area contributed by atoms with Gasteiger partial charge in [0.1, 0.15) is 0 Å². The van der Waals surface area contributed by atoms with Gasteiger partial charge in [0.2, 0.25) is 0 Å². The molecule has 1 aliphatic carbocycles. The molecule has 1 aromatic rings. The maximum atomic E-state index is 5.58. The third kappa shape index (κ3) is 1.64. The molecule has 0 aliphatic heterocycles. The molecular weight excluding hydrogens is 178 g/mol. The van der Waals surface area contributed by atoms with Crippen molar-refractivity contribution in [2.24, 2.45) is 11.7 Å². The van der Waals surface area contributed by atoms with E-state index < -0.39 is 0 Å². The van der Waals surface area contributed by atoms with Crippen LogP contribution in [-0.2, 0) is 6.54 Å². The largest absolute Gasteiger partial charge is 0.324 e. The highest BCUT2D eigenvalue weighted by Crippen LogP contribution is 2.33. The lowest BCUT2D eigenvalue weighted by atomic mass is 9.86. The van der Waals surface area contributed by atoms with E-state index in [1.807, 2.05) is 4.68 Å². The lowest BCUT2D eigenvalue weighted by Crippen LogP contribution is -2.24. The summed E-state index contributed by atoms with van der Waals surface area (Å²) >= 11 is 0. The Bertz CT molecular complexity index is 295. The van der Waals surface area contributed by atoms with Crippen molar-refractivity contribution in [2.75, 3.05) is 0 Å². The molecular formula is C9H17N5. The number of rotatable bonds is 2. The Morgan fingerprint density at radius 2 is 2.21 bits per heavy atom. The summed E-state index contributed by atoms with van der Waals surface area (Å²) in [5.74, 6) is 1.47. The van der Waals surface area contributed by atoms with Gasteiger partial charge in [-0.15, -0.1) is 5.10 Å². The van der Waals surface area contributed by atoms with Crippen LogP contribution in [0, 0.1) is 5.92 Å². The molecule has 2 atom stereocenters. The molecule has 0 bridgehead atoms. The predicted molar refractivity (Wildman–Crippen MR) is 52.4 cm³/mol. The van der Waals surface area contributed by atoms with Gasteiger partial charge in [-0.3, -0.25) is 0 Å². The quantitative estimate of drug-likeness (QED) is 0.760. The monoisotopic (exact) mass is 195 g/mol. The SMILES string of the molecule is CC1CCCCC1n1nnnc1CN. The van der Waals surface area contributed by atoms with E-state index in [9.17, 15) is 0 Å². The standard InChI is InChI=1S/C9H17N5/c1-7-4-2-3-5-8(7)14-9(6-10)11-12-13-14/h7-8H,2-6,10H2,1H3. The number of nitrogens with two attached hydrogens (primary N) is 1. The fourth-order valence-corrected chi connectivity index (χ4v) is 2.26. The van der Waals surface area contributed by atoms with Crippen molar-refractivity contribution in [3.8, 4) is 0 Å². The summed E-state index contributed by atoms with van der Waals surface area (Å²) < 4.78 is 1.92. The molecule has 2 N–H and O–H groups in total. The van der Waals surface area contributed by atoms with Crippen LogP contribution in [0.3, 0.4) is 0 Å². The van der Waals surface area contributed by atoms with Crippen molar-refractivity contribution in [3.05, 3.63) is 5.82 Å². The summed E-state index contributed by atoms with van der Waals surface area (Å²) in [4.78, 5) is 0. The number of nitrogens with zero attached hydrogens (tertiary/aromatic N) is 4. The first-order valence-corrected chi connectivity index (χ1v) is 5.29. The summed E-state index contributed by atoms with van der Waals surface area (Å²) in [5.41, 5.74) is 5.58. The van der Waals surface area contributed by atoms with Gasteiger partial charge < -0.3 is 5.73 Å². The molecule has 2 unspecified atom stereocenters. The van der Waals surface area contributed by atoms with Gasteiger partial charge in [-0.1, -0.05) is 19.8 Å². The van der Waals surface area contributed by atoms with Gasteiger partial charge in [0.05, 0.1) is 12.6 Å². The van der Waals surface area contributed by atoms with Crippen LogP contribution in [0.5, 0.6) is 0 Å². The molecule has 2 rings (SSSR count). The van der Waals surface area contributed by atoms with E-state index in [0.717, 1.165) is 5.82 Å². The Kier molecular flexibility index (Phi) is 2.77. The summed E-state index contributed by atoms with van der Waals surface area (Å²) in [7, 11) is 0. The van der Waals surface area contributed by atoms with Crippen LogP contribution in [0.1, 0.15) is 44.5 Å². The molecule has 1 heterocycles. The number of tetrazole rings is 1. The lowest BCUT2D eigenvalue weighted by molar-refractivity contribution is 0.232. The van der Waals surface area contributed by atoms with Crippen LogP contribution in [0.2, 0.25) is 0 Å². The highest BCUT2D eigenvalue weighted by Gasteiger charge is 2.25. The zero-order chi connectivity index (χ0) is 9.97. The van der Waals surface area contributed by atoms with E-state index in [1.165, 1.54) is 25.7 Å². The molecule has 1 saturated carbocycles. The molecule has 78 valence electrons. The fourth-order valence-electron chi connectivity index (χ4n) is 2.26.